The summed E-state index contributed by atoms with van der Waals surface area (Å²) in [5, 5.41) is 57.3. The van der Waals surface area contributed by atoms with Gasteiger partial charge in [-0.2, -0.15) is 10.4 Å². The van der Waals surface area contributed by atoms with E-state index < -0.39 is 54.6 Å². The van der Waals surface area contributed by atoms with E-state index in [0.29, 0.717) is 15.4 Å². The molecule has 1 aromatic carbocycles. The quantitative estimate of drug-likeness (QED) is 0.326. The molecule has 0 radical (unpaired) electrons. The van der Waals surface area contributed by atoms with Gasteiger partial charge in [-0.25, -0.2) is 9.48 Å². The molecule has 0 spiro atoms. The Morgan fingerprint density at radius 1 is 1.35 bits per heavy atom. The van der Waals surface area contributed by atoms with E-state index in [-0.39, 0.29) is 18.0 Å². The Hall–Kier alpha value is -2.98. The Morgan fingerprint density at radius 3 is 2.65 bits per heavy atom. The van der Waals surface area contributed by atoms with Crippen LogP contribution in [0.5, 0.6) is 0 Å². The van der Waals surface area contributed by atoms with Crippen LogP contribution in [0.4, 0.5) is 0 Å². The number of fused-ring (bicyclic) bond motifs is 1. The predicted octanol–water partition coefficient (Wildman–Crippen LogP) is 0.824. The summed E-state index contributed by atoms with van der Waals surface area (Å²) in [6.07, 6.45) is -3.58. The van der Waals surface area contributed by atoms with Crippen LogP contribution in [-0.4, -0.2) is 73.0 Å². The second-order valence-corrected chi connectivity index (χ2v) is 9.32. The summed E-state index contributed by atoms with van der Waals surface area (Å²) in [6.45, 7) is 2.85. The van der Waals surface area contributed by atoms with E-state index in [1.807, 2.05) is 13.8 Å². The van der Waals surface area contributed by atoms with Crippen molar-refractivity contribution in [3.8, 4) is 6.07 Å². The monoisotopic (exact) mass is 536 g/mol. The minimum Gasteiger partial charge on any atom is -0.478 e. The van der Waals surface area contributed by atoms with Gasteiger partial charge in [0.2, 0.25) is 11.7 Å². The van der Waals surface area contributed by atoms with Gasteiger partial charge in [-0.15, -0.1) is 0 Å². The van der Waals surface area contributed by atoms with Crippen LogP contribution >= 0.6 is 15.9 Å². The molecule has 5 N–H and O–H groups in total. The van der Waals surface area contributed by atoms with Crippen molar-refractivity contribution in [2.75, 3.05) is 6.61 Å². The summed E-state index contributed by atoms with van der Waals surface area (Å²) in [4.78, 5) is 24.5. The number of hydrogen-bond donors (Lipinski definition) is 5. The second kappa shape index (κ2) is 10.5. The van der Waals surface area contributed by atoms with Gasteiger partial charge in [-0.3, -0.25) is 4.79 Å². The highest BCUT2D eigenvalue weighted by Gasteiger charge is 2.45. The maximum atomic E-state index is 12.7. The van der Waals surface area contributed by atoms with Crippen LogP contribution in [-0.2, 0) is 14.3 Å². The molecule has 182 valence electrons. The highest BCUT2D eigenvalue weighted by molar-refractivity contribution is 9.10. The molecule has 2 heterocycles. The van der Waals surface area contributed by atoms with Crippen LogP contribution < -0.4 is 5.32 Å². The molecule has 0 fully saturated rings. The Bertz CT molecular complexity index is 1160. The number of rotatable bonds is 8. The van der Waals surface area contributed by atoms with E-state index in [9.17, 15) is 35.3 Å². The number of halogens is 1. The largest absolute Gasteiger partial charge is 0.478 e. The number of carboxylic acid groups (broad SMARTS) is 1. The zero-order chi connectivity index (χ0) is 25.2. The van der Waals surface area contributed by atoms with Crippen molar-refractivity contribution in [2.45, 2.75) is 50.7 Å². The van der Waals surface area contributed by atoms with Crippen LogP contribution in [0.15, 0.2) is 34.5 Å². The number of aliphatic hydroxyl groups is 3. The van der Waals surface area contributed by atoms with Gasteiger partial charge in [-0.1, -0.05) is 29.8 Å². The molecular weight excluding hydrogens is 512 g/mol. The Morgan fingerprint density at radius 2 is 2.06 bits per heavy atom. The van der Waals surface area contributed by atoms with Crippen LogP contribution in [0.3, 0.4) is 0 Å². The number of nitrogens with one attached hydrogen (secondary N) is 1. The van der Waals surface area contributed by atoms with Crippen LogP contribution in [0.25, 0.3) is 10.9 Å². The Kier molecular flexibility index (Phi) is 7.93. The number of carbonyl (C=O) groups excluding carboxylic acids is 1. The average Bonchev–Trinajstić information content (AvgIpc) is 3.14. The number of aliphatic hydroxyl groups excluding tert-OH is 3. The van der Waals surface area contributed by atoms with Crippen molar-refractivity contribution in [1.82, 2.24) is 15.1 Å². The lowest BCUT2D eigenvalue weighted by molar-refractivity contribution is -0.147. The number of hydrogen-bond acceptors (Lipinski definition) is 8. The number of ether oxygens (including phenoxy) is 1. The van der Waals surface area contributed by atoms with Crippen molar-refractivity contribution in [3.63, 3.8) is 0 Å². The predicted molar refractivity (Wildman–Crippen MR) is 122 cm³/mol. The SMILES string of the molecule is CC(C)CC(=O)N[C@H]1[C@H]([C@H](O)[C@H](O)CO)OC(C(=O)O)=C[C@@H]1n1nc2ccc(Br)cc2c1C#N. The van der Waals surface area contributed by atoms with E-state index in [2.05, 4.69) is 32.4 Å². The topological polar surface area (TPSA) is 178 Å². The second-order valence-electron chi connectivity index (χ2n) is 8.41. The highest BCUT2D eigenvalue weighted by atomic mass is 79.9. The van der Waals surface area contributed by atoms with E-state index in [1.54, 1.807) is 18.2 Å². The van der Waals surface area contributed by atoms with Crippen molar-refractivity contribution in [1.29, 1.82) is 5.26 Å². The number of amides is 1. The van der Waals surface area contributed by atoms with Gasteiger partial charge >= 0.3 is 5.97 Å². The number of benzene rings is 1. The zero-order valence-corrected chi connectivity index (χ0v) is 20.0. The molecule has 1 aliphatic rings. The first kappa shape index (κ1) is 25.6. The van der Waals surface area contributed by atoms with Gasteiger partial charge in [-0.05, 0) is 30.2 Å². The Balaban J connectivity index is 2.20. The van der Waals surface area contributed by atoms with Gasteiger partial charge in [0.15, 0.2) is 0 Å². The summed E-state index contributed by atoms with van der Waals surface area (Å²) in [5.74, 6) is -2.42. The van der Waals surface area contributed by atoms with Crippen molar-refractivity contribution >= 4 is 38.7 Å². The number of carbonyl (C=O) groups is 2. The van der Waals surface area contributed by atoms with Gasteiger partial charge in [0.05, 0.1) is 24.2 Å². The first-order valence-corrected chi connectivity index (χ1v) is 11.3. The molecule has 5 atom stereocenters. The summed E-state index contributed by atoms with van der Waals surface area (Å²) < 4.78 is 7.44. The molecule has 0 unspecified atom stereocenters. The van der Waals surface area contributed by atoms with E-state index in [0.717, 1.165) is 0 Å². The number of nitriles is 1. The Labute approximate surface area is 203 Å². The van der Waals surface area contributed by atoms with Crippen molar-refractivity contribution in [3.05, 3.63) is 40.2 Å². The first-order chi connectivity index (χ1) is 16.1. The average molecular weight is 537 g/mol. The summed E-state index contributed by atoms with van der Waals surface area (Å²) >= 11 is 3.35. The smallest absolute Gasteiger partial charge is 0.370 e. The lowest BCUT2D eigenvalue weighted by atomic mass is 9.91. The standard InChI is InChI=1S/C22H25BrN4O7/c1-10(2)5-18(30)25-19-14(7-17(22(32)33)34-21(19)20(31)16(29)9-28)27-15(8-24)12-6-11(23)3-4-13(12)26-27/h3-4,6-7,10,14,16,19-21,28-29,31H,5,9H2,1-2H3,(H,25,30)(H,32,33)/t14-,16+,19+,20+,21+/m0/s1. The number of aliphatic carboxylic acids is 1. The molecule has 11 nitrogen and oxygen atoms in total. The van der Waals surface area contributed by atoms with Crippen LogP contribution in [0, 0.1) is 17.2 Å². The van der Waals surface area contributed by atoms with Crippen molar-refractivity contribution < 1.29 is 34.8 Å². The number of aromatic nitrogens is 2. The number of carboxylic acids is 1. The lowest BCUT2D eigenvalue weighted by Crippen LogP contribution is -2.59. The van der Waals surface area contributed by atoms with Crippen molar-refractivity contribution in [2.24, 2.45) is 5.92 Å². The lowest BCUT2D eigenvalue weighted by Gasteiger charge is -2.40. The fourth-order valence-corrected chi connectivity index (χ4v) is 4.21. The van der Waals surface area contributed by atoms with Crippen LogP contribution in [0.1, 0.15) is 32.0 Å². The maximum absolute atomic E-state index is 12.7. The molecule has 0 bridgehead atoms. The fraction of sp³-hybridized carbons (Fsp3) is 0.455. The first-order valence-electron chi connectivity index (χ1n) is 10.5. The summed E-state index contributed by atoms with van der Waals surface area (Å²) in [7, 11) is 0. The summed E-state index contributed by atoms with van der Waals surface area (Å²) in [5.41, 5.74) is 0.555. The zero-order valence-electron chi connectivity index (χ0n) is 18.4. The molecule has 1 amide bonds. The molecule has 3 rings (SSSR count). The number of nitrogens with zero attached hydrogens (tertiary/aromatic N) is 3. The molecule has 1 aliphatic heterocycles. The van der Waals surface area contributed by atoms with E-state index in [1.165, 1.54) is 10.8 Å². The molecule has 0 aliphatic carbocycles. The van der Waals surface area contributed by atoms with Gasteiger partial charge in [0.25, 0.3) is 0 Å². The minimum absolute atomic E-state index is 0.00111. The molecule has 34 heavy (non-hydrogen) atoms. The van der Waals surface area contributed by atoms with Gasteiger partial charge in [0, 0.05) is 16.3 Å². The minimum atomic E-state index is -1.76. The maximum Gasteiger partial charge on any atom is 0.370 e. The van der Waals surface area contributed by atoms with Crippen LogP contribution in [0.2, 0.25) is 0 Å². The normalized spacial score (nSPS) is 21.9. The highest BCUT2D eigenvalue weighted by Crippen LogP contribution is 2.33. The van der Waals surface area contributed by atoms with E-state index in [4.69, 9.17) is 4.74 Å². The molecule has 0 saturated carbocycles. The van der Waals surface area contributed by atoms with Gasteiger partial charge < -0.3 is 30.5 Å². The molecule has 2 aromatic rings. The third-order valence-corrected chi connectivity index (χ3v) is 5.90. The third-order valence-electron chi connectivity index (χ3n) is 5.40. The third kappa shape index (κ3) is 5.23. The molecule has 0 saturated heterocycles. The van der Waals surface area contributed by atoms with Gasteiger partial charge in [0.1, 0.15) is 30.1 Å². The molecule has 1 aromatic heterocycles. The molecule has 12 heteroatoms. The summed E-state index contributed by atoms with van der Waals surface area (Å²) in [6, 6.07) is 4.96. The molecular formula is C22H25BrN4O7. The fourth-order valence-electron chi connectivity index (χ4n) is 3.85. The van der Waals surface area contributed by atoms with E-state index >= 15 is 0 Å².